The predicted molar refractivity (Wildman–Crippen MR) is 217 cm³/mol. The Morgan fingerprint density at radius 2 is 1.50 bits per heavy atom. The molecule has 0 saturated carbocycles. The number of fused-ring (bicyclic) bond motifs is 3. The summed E-state index contributed by atoms with van der Waals surface area (Å²) in [6.07, 6.45) is 2.09. The molecule has 0 aliphatic heterocycles. The molecule has 0 N–H and O–H groups in total. The van der Waals surface area contributed by atoms with E-state index in [0.717, 1.165) is 49.5 Å². The molecule has 8 aromatic rings. The largest absolute Gasteiger partial charge is 0.501 e. The Balaban J connectivity index is 0.000000220. The van der Waals surface area contributed by atoms with Gasteiger partial charge in [-0.2, -0.15) is 0 Å². The third-order valence-electron chi connectivity index (χ3n) is 8.49. The van der Waals surface area contributed by atoms with Gasteiger partial charge in [0.1, 0.15) is 5.58 Å². The fraction of sp³-hybridized carbons (Fsp3) is 0.149. The van der Waals surface area contributed by atoms with Crippen LogP contribution < -0.4 is 5.19 Å². The molecule has 5 heteroatoms. The standard InChI is InChI=1S/C29H18NO.C18H24NSi.Ir/c1-3-8-20(9-4-1)22-14-15-24-25-12-7-13-26(29(25)31-28(24)19-22)27-18-23(16-17-30-27)21-10-5-2-6-11-21;1-14(2)11-16-12-17(15-9-7-6-8-10-15)19-13-18(16)20(3,4)5;/h1-12,14-19H;6-9,12-14H,11H2,1-5H3;/q2*-1;/i2D,5D,6D,10D,11D;11D2;. The fourth-order valence-corrected chi connectivity index (χ4v) is 7.45. The van der Waals surface area contributed by atoms with Crippen molar-refractivity contribution in [3.63, 3.8) is 0 Å². The average molecular weight is 878 g/mol. The SMILES string of the molecule is [2H]C([2H])(c1cc(-c2[c-]cccc2)ncc1[Si](C)(C)C)C(C)C.[2H]c1c([2H])c([2H])c(-c2ccnc(-c3[c-]ccc4c3oc3cc(-c5ccccc5)ccc34)c2)c([2H])c1[2H].[Ir]. The number of benzene rings is 5. The van der Waals surface area contributed by atoms with Gasteiger partial charge in [-0.1, -0.05) is 135 Å². The zero-order valence-electron chi connectivity index (χ0n) is 36.7. The van der Waals surface area contributed by atoms with Crippen LogP contribution in [0.2, 0.25) is 19.6 Å². The second-order valence-corrected chi connectivity index (χ2v) is 18.7. The zero-order chi connectivity index (χ0) is 41.5. The van der Waals surface area contributed by atoms with E-state index in [-0.39, 0.29) is 55.8 Å². The maximum atomic E-state index is 8.55. The molecule has 5 aromatic carbocycles. The molecule has 3 nitrogen and oxygen atoms in total. The molecule has 0 fully saturated rings. The molecule has 0 spiro atoms. The summed E-state index contributed by atoms with van der Waals surface area (Å²) in [5.41, 5.74) is 7.80. The van der Waals surface area contributed by atoms with E-state index in [2.05, 4.69) is 59.9 Å². The van der Waals surface area contributed by atoms with Gasteiger partial charge >= 0.3 is 0 Å². The van der Waals surface area contributed by atoms with Gasteiger partial charge in [0.15, 0.2) is 0 Å². The summed E-state index contributed by atoms with van der Waals surface area (Å²) in [4.78, 5) is 9.08. The number of furan rings is 1. The topological polar surface area (TPSA) is 38.9 Å². The Kier molecular flexibility index (Phi) is 8.90. The Hall–Kier alpha value is -4.93. The molecule has 0 amide bonds. The van der Waals surface area contributed by atoms with E-state index in [1.807, 2.05) is 92.8 Å². The molecule has 3 aromatic heterocycles. The van der Waals surface area contributed by atoms with E-state index in [4.69, 9.17) is 14.0 Å². The van der Waals surface area contributed by atoms with Crippen LogP contribution in [-0.4, -0.2) is 18.0 Å². The van der Waals surface area contributed by atoms with Gasteiger partial charge < -0.3 is 14.4 Å². The Morgan fingerprint density at radius 1 is 0.731 bits per heavy atom. The van der Waals surface area contributed by atoms with Crippen molar-refractivity contribution >= 4 is 35.2 Å². The normalized spacial score (nSPS) is 13.5. The van der Waals surface area contributed by atoms with Gasteiger partial charge in [0.25, 0.3) is 0 Å². The molecule has 3 heterocycles. The minimum absolute atomic E-state index is 0. The van der Waals surface area contributed by atoms with Gasteiger partial charge in [-0.25, -0.2) is 0 Å². The van der Waals surface area contributed by atoms with Crippen LogP contribution in [0.1, 0.15) is 29.0 Å². The van der Waals surface area contributed by atoms with E-state index in [9.17, 15) is 0 Å². The molecule has 261 valence electrons. The molecule has 0 saturated heterocycles. The Bertz CT molecular complexity index is 2760. The second kappa shape index (κ2) is 16.2. The van der Waals surface area contributed by atoms with Crippen LogP contribution in [0.4, 0.5) is 0 Å². The van der Waals surface area contributed by atoms with E-state index in [1.54, 1.807) is 18.3 Å². The Morgan fingerprint density at radius 3 is 2.23 bits per heavy atom. The van der Waals surface area contributed by atoms with Crippen molar-refractivity contribution in [2.45, 2.75) is 39.9 Å². The smallest absolute Gasteiger partial charge is 0.121 e. The monoisotopic (exact) mass is 878 g/mol. The first kappa shape index (κ1) is 28.6. The van der Waals surface area contributed by atoms with Gasteiger partial charge in [0.2, 0.25) is 0 Å². The van der Waals surface area contributed by atoms with Crippen molar-refractivity contribution < 1.29 is 34.1 Å². The maximum Gasteiger partial charge on any atom is 0.121 e. The minimum Gasteiger partial charge on any atom is -0.501 e. The van der Waals surface area contributed by atoms with E-state index in [0.29, 0.717) is 22.4 Å². The second-order valence-electron chi connectivity index (χ2n) is 13.6. The summed E-state index contributed by atoms with van der Waals surface area (Å²) < 4.78 is 63.9. The number of rotatable bonds is 7. The molecule has 0 aliphatic rings. The van der Waals surface area contributed by atoms with E-state index in [1.165, 1.54) is 0 Å². The van der Waals surface area contributed by atoms with Crippen molar-refractivity contribution in [2.75, 3.05) is 0 Å². The van der Waals surface area contributed by atoms with Crippen LogP contribution in [-0.2, 0) is 26.5 Å². The number of nitrogens with zero attached hydrogens (tertiary/aromatic N) is 2. The van der Waals surface area contributed by atoms with Gasteiger partial charge in [0, 0.05) is 40.6 Å². The summed E-state index contributed by atoms with van der Waals surface area (Å²) in [5.74, 6) is -0.0856. The first-order valence-corrected chi connectivity index (χ1v) is 20.5. The van der Waals surface area contributed by atoms with Gasteiger partial charge in [-0.15, -0.1) is 54.1 Å². The zero-order valence-corrected chi connectivity index (χ0v) is 33.1. The van der Waals surface area contributed by atoms with E-state index >= 15 is 0 Å². The third-order valence-corrected chi connectivity index (χ3v) is 10.5. The van der Waals surface area contributed by atoms with Crippen LogP contribution in [0.15, 0.2) is 150 Å². The first-order chi connectivity index (χ1) is 27.6. The van der Waals surface area contributed by atoms with Gasteiger partial charge in [0.05, 0.1) is 20.5 Å². The summed E-state index contributed by atoms with van der Waals surface area (Å²) in [7, 11) is -1.67. The van der Waals surface area contributed by atoms with Crippen LogP contribution in [0.5, 0.6) is 0 Å². The number of aromatic nitrogens is 2. The first-order valence-electron chi connectivity index (χ1n) is 20.5. The summed E-state index contributed by atoms with van der Waals surface area (Å²) in [5, 5.41) is 3.00. The molecule has 0 aliphatic carbocycles. The molecule has 8 rings (SSSR count). The molecule has 1 radical (unpaired) electrons. The van der Waals surface area contributed by atoms with Gasteiger partial charge in [-0.3, -0.25) is 0 Å². The minimum atomic E-state index is -1.67. The molecular formula is C47H42IrN2OSi-2. The summed E-state index contributed by atoms with van der Waals surface area (Å²) >= 11 is 0. The number of hydrogen-bond acceptors (Lipinski definition) is 3. The molecule has 0 unspecified atom stereocenters. The van der Waals surface area contributed by atoms with Crippen LogP contribution >= 0.6 is 0 Å². The van der Waals surface area contributed by atoms with Crippen molar-refractivity contribution in [3.05, 3.63) is 163 Å². The molecule has 0 bridgehead atoms. The van der Waals surface area contributed by atoms with Crippen molar-refractivity contribution in [3.8, 4) is 44.8 Å². The van der Waals surface area contributed by atoms with E-state index < -0.39 is 20.5 Å². The van der Waals surface area contributed by atoms with Crippen molar-refractivity contribution in [1.29, 1.82) is 0 Å². The van der Waals surface area contributed by atoms with Crippen molar-refractivity contribution in [1.82, 2.24) is 9.97 Å². The fourth-order valence-electron chi connectivity index (χ4n) is 6.04. The average Bonchev–Trinajstić information content (AvgIpc) is 3.61. The third kappa shape index (κ3) is 8.24. The number of pyridine rings is 2. The maximum absolute atomic E-state index is 8.55. The predicted octanol–water partition coefficient (Wildman–Crippen LogP) is 12.1. The van der Waals surface area contributed by atoms with Crippen LogP contribution in [0.25, 0.3) is 66.7 Å². The molecule has 52 heavy (non-hydrogen) atoms. The summed E-state index contributed by atoms with van der Waals surface area (Å²) in [6, 6.07) is 37.7. The molecular weight excluding hydrogens is 829 g/mol. The van der Waals surface area contributed by atoms with Crippen LogP contribution in [0, 0.1) is 18.1 Å². The summed E-state index contributed by atoms with van der Waals surface area (Å²) in [6.45, 7) is 10.6. The Labute approximate surface area is 332 Å². The van der Waals surface area contributed by atoms with Gasteiger partial charge in [-0.05, 0) is 63.3 Å². The molecule has 0 atom stereocenters. The number of hydrogen-bond donors (Lipinski definition) is 0. The quantitative estimate of drug-likeness (QED) is 0.118. The van der Waals surface area contributed by atoms with Crippen LogP contribution in [0.3, 0.4) is 0 Å². The van der Waals surface area contributed by atoms with Crippen molar-refractivity contribution in [2.24, 2.45) is 5.92 Å².